The summed E-state index contributed by atoms with van der Waals surface area (Å²) in [6, 6.07) is 21.0. The number of aliphatic imine (C=N–C) groups is 1. The monoisotopic (exact) mass is 392 g/mol. The molecule has 3 aromatic carbocycles. The van der Waals surface area contributed by atoms with Crippen LogP contribution in [0.5, 0.6) is 0 Å². The summed E-state index contributed by atoms with van der Waals surface area (Å²) in [5.74, 6) is 0.433. The molecule has 0 saturated heterocycles. The standard InChI is InChI=1S/C22H14Cl2N2O/c23-18-10-4-9-17(21(18)24)22-26-19-14-16(11-12-20(19)27-22)25-13-5-8-15-6-2-1-3-7-15/h1-14H. The zero-order chi connectivity index (χ0) is 18.6. The van der Waals surface area contributed by atoms with Crippen molar-refractivity contribution in [2.45, 2.75) is 0 Å². The summed E-state index contributed by atoms with van der Waals surface area (Å²) < 4.78 is 5.81. The molecule has 4 rings (SSSR count). The minimum atomic E-state index is 0.426. The number of benzene rings is 3. The second-order valence-corrected chi connectivity index (χ2v) is 6.61. The number of nitrogens with zero attached hydrogens (tertiary/aromatic N) is 2. The maximum atomic E-state index is 6.26. The van der Waals surface area contributed by atoms with Gasteiger partial charge in [0, 0.05) is 6.21 Å². The Bertz CT molecular complexity index is 1150. The molecule has 0 amide bonds. The van der Waals surface area contributed by atoms with Crippen LogP contribution in [-0.4, -0.2) is 11.2 Å². The summed E-state index contributed by atoms with van der Waals surface area (Å²) in [6.07, 6.45) is 5.65. The zero-order valence-electron chi connectivity index (χ0n) is 14.1. The fourth-order valence-corrected chi connectivity index (χ4v) is 3.01. The van der Waals surface area contributed by atoms with Crippen molar-refractivity contribution in [3.05, 3.63) is 88.4 Å². The normalized spacial score (nSPS) is 11.8. The van der Waals surface area contributed by atoms with Crippen LogP contribution in [-0.2, 0) is 0 Å². The molecule has 0 spiro atoms. The minimum absolute atomic E-state index is 0.426. The molecule has 1 aromatic heterocycles. The lowest BCUT2D eigenvalue weighted by Crippen LogP contribution is -1.79. The Kier molecular flexibility index (Phi) is 5.05. The molecule has 5 heteroatoms. The molecule has 3 nitrogen and oxygen atoms in total. The number of rotatable bonds is 4. The molecule has 0 bridgehead atoms. The fourth-order valence-electron chi connectivity index (χ4n) is 2.63. The van der Waals surface area contributed by atoms with Gasteiger partial charge in [0.2, 0.25) is 5.89 Å². The summed E-state index contributed by atoms with van der Waals surface area (Å²) in [5.41, 5.74) is 3.95. The second-order valence-electron chi connectivity index (χ2n) is 5.82. The molecule has 27 heavy (non-hydrogen) atoms. The van der Waals surface area contributed by atoms with Crippen LogP contribution in [0.1, 0.15) is 5.56 Å². The summed E-state index contributed by atoms with van der Waals surface area (Å²) in [6.45, 7) is 0. The van der Waals surface area contributed by atoms with Gasteiger partial charge in [0.25, 0.3) is 0 Å². The van der Waals surface area contributed by atoms with Gasteiger partial charge in [0.1, 0.15) is 5.52 Å². The number of halogens is 2. The molecule has 0 saturated carbocycles. The van der Waals surface area contributed by atoms with E-state index in [4.69, 9.17) is 27.6 Å². The summed E-state index contributed by atoms with van der Waals surface area (Å²) in [7, 11) is 0. The third-order valence-electron chi connectivity index (χ3n) is 3.95. The molecule has 0 N–H and O–H groups in total. The highest BCUT2D eigenvalue weighted by molar-refractivity contribution is 6.43. The highest BCUT2D eigenvalue weighted by atomic mass is 35.5. The fraction of sp³-hybridized carbons (Fsp3) is 0. The van der Waals surface area contributed by atoms with Crippen molar-refractivity contribution in [3.8, 4) is 11.5 Å². The van der Waals surface area contributed by atoms with E-state index < -0.39 is 0 Å². The smallest absolute Gasteiger partial charge is 0.228 e. The average molecular weight is 393 g/mol. The van der Waals surface area contributed by atoms with Crippen molar-refractivity contribution < 1.29 is 4.42 Å². The average Bonchev–Trinajstić information content (AvgIpc) is 3.11. The highest BCUT2D eigenvalue weighted by Gasteiger charge is 2.13. The van der Waals surface area contributed by atoms with E-state index in [1.54, 1.807) is 12.3 Å². The van der Waals surface area contributed by atoms with Crippen molar-refractivity contribution in [2.24, 2.45) is 4.99 Å². The van der Waals surface area contributed by atoms with E-state index in [9.17, 15) is 0 Å². The Morgan fingerprint density at radius 3 is 2.63 bits per heavy atom. The third kappa shape index (κ3) is 3.95. The number of aromatic nitrogens is 1. The highest BCUT2D eigenvalue weighted by Crippen LogP contribution is 2.35. The summed E-state index contributed by atoms with van der Waals surface area (Å²) in [5, 5.41) is 0.891. The van der Waals surface area contributed by atoms with Gasteiger partial charge in [0.15, 0.2) is 5.58 Å². The quantitative estimate of drug-likeness (QED) is 0.343. The van der Waals surface area contributed by atoms with Crippen LogP contribution < -0.4 is 0 Å². The van der Waals surface area contributed by atoms with Gasteiger partial charge in [-0.1, -0.05) is 65.7 Å². The van der Waals surface area contributed by atoms with Gasteiger partial charge in [0.05, 0.1) is 21.3 Å². The van der Waals surface area contributed by atoms with Crippen LogP contribution in [0.15, 0.2) is 82.2 Å². The largest absolute Gasteiger partial charge is 0.436 e. The van der Waals surface area contributed by atoms with E-state index in [2.05, 4.69) is 9.98 Å². The lowest BCUT2D eigenvalue weighted by Gasteiger charge is -2.00. The van der Waals surface area contributed by atoms with Gasteiger partial charge < -0.3 is 4.42 Å². The van der Waals surface area contributed by atoms with E-state index in [-0.39, 0.29) is 0 Å². The first-order chi connectivity index (χ1) is 13.2. The van der Waals surface area contributed by atoms with Crippen molar-refractivity contribution in [1.82, 2.24) is 4.98 Å². The molecule has 1 heterocycles. The van der Waals surface area contributed by atoms with E-state index in [0.717, 1.165) is 11.3 Å². The SMILES string of the molecule is Clc1cccc(-c2nc3cc(N=CC=Cc4ccccc4)ccc3o2)c1Cl. The van der Waals surface area contributed by atoms with Crippen LogP contribution in [0, 0.1) is 0 Å². The summed E-state index contributed by atoms with van der Waals surface area (Å²) in [4.78, 5) is 8.96. The van der Waals surface area contributed by atoms with E-state index >= 15 is 0 Å². The molecule has 0 aliphatic heterocycles. The van der Waals surface area contributed by atoms with E-state index in [1.165, 1.54) is 0 Å². The molecular weight excluding hydrogens is 379 g/mol. The van der Waals surface area contributed by atoms with Gasteiger partial charge in [-0.25, -0.2) is 4.98 Å². The molecule has 0 radical (unpaired) electrons. The van der Waals surface area contributed by atoms with Gasteiger partial charge in [-0.05, 0) is 42.0 Å². The molecule has 0 unspecified atom stereocenters. The number of hydrogen-bond acceptors (Lipinski definition) is 3. The van der Waals surface area contributed by atoms with Crippen LogP contribution >= 0.6 is 23.2 Å². The first kappa shape index (κ1) is 17.5. The predicted octanol–water partition coefficient (Wildman–Crippen LogP) is 7.22. The van der Waals surface area contributed by atoms with E-state index in [0.29, 0.717) is 32.6 Å². The third-order valence-corrected chi connectivity index (χ3v) is 4.77. The van der Waals surface area contributed by atoms with Crippen LogP contribution in [0.4, 0.5) is 5.69 Å². The molecular formula is C22H14Cl2N2O. The van der Waals surface area contributed by atoms with Crippen molar-refractivity contribution in [3.63, 3.8) is 0 Å². The first-order valence-corrected chi connectivity index (χ1v) is 9.07. The minimum Gasteiger partial charge on any atom is -0.436 e. The number of hydrogen-bond donors (Lipinski definition) is 0. The second kappa shape index (κ2) is 7.78. The van der Waals surface area contributed by atoms with Crippen molar-refractivity contribution in [1.29, 1.82) is 0 Å². The Morgan fingerprint density at radius 2 is 1.78 bits per heavy atom. The van der Waals surface area contributed by atoms with Crippen LogP contribution in [0.25, 0.3) is 28.6 Å². The Morgan fingerprint density at radius 1 is 0.926 bits per heavy atom. The van der Waals surface area contributed by atoms with Crippen molar-refractivity contribution in [2.75, 3.05) is 0 Å². The molecule has 132 valence electrons. The van der Waals surface area contributed by atoms with Gasteiger partial charge in [-0.3, -0.25) is 4.99 Å². The molecule has 4 aromatic rings. The number of allylic oxidation sites excluding steroid dienone is 1. The van der Waals surface area contributed by atoms with Crippen LogP contribution in [0.2, 0.25) is 10.0 Å². The zero-order valence-corrected chi connectivity index (χ0v) is 15.7. The lowest BCUT2D eigenvalue weighted by molar-refractivity contribution is 0.620. The van der Waals surface area contributed by atoms with Gasteiger partial charge in [-0.2, -0.15) is 0 Å². The Labute approximate surface area is 166 Å². The van der Waals surface area contributed by atoms with Crippen molar-refractivity contribution >= 4 is 52.3 Å². The van der Waals surface area contributed by atoms with Crippen LogP contribution in [0.3, 0.4) is 0 Å². The Hall–Kier alpha value is -2.88. The molecule has 0 aliphatic carbocycles. The number of fused-ring (bicyclic) bond motifs is 1. The predicted molar refractivity (Wildman–Crippen MR) is 113 cm³/mol. The summed E-state index contributed by atoms with van der Waals surface area (Å²) >= 11 is 12.3. The maximum absolute atomic E-state index is 6.26. The number of oxazole rings is 1. The molecule has 0 aliphatic rings. The lowest BCUT2D eigenvalue weighted by atomic mass is 10.2. The topological polar surface area (TPSA) is 38.4 Å². The Balaban J connectivity index is 1.58. The molecule has 0 atom stereocenters. The molecule has 0 fully saturated rings. The van der Waals surface area contributed by atoms with Gasteiger partial charge >= 0.3 is 0 Å². The maximum Gasteiger partial charge on any atom is 0.228 e. The van der Waals surface area contributed by atoms with Gasteiger partial charge in [-0.15, -0.1) is 0 Å². The first-order valence-electron chi connectivity index (χ1n) is 8.31. The van der Waals surface area contributed by atoms with E-state index in [1.807, 2.05) is 72.8 Å².